The second kappa shape index (κ2) is 5.75. The smallest absolute Gasteiger partial charge is 0.145 e. The summed E-state index contributed by atoms with van der Waals surface area (Å²) in [5.74, 6) is 0.801. The number of rotatable bonds is 4. The molecule has 0 radical (unpaired) electrons. The second-order valence-electron chi connectivity index (χ2n) is 3.78. The number of aromatic nitrogens is 2. The van der Waals surface area contributed by atoms with E-state index in [1.807, 2.05) is 31.3 Å². The highest BCUT2D eigenvalue weighted by atomic mass is 35.5. The van der Waals surface area contributed by atoms with Gasteiger partial charge >= 0.3 is 0 Å². The Labute approximate surface area is 106 Å². The van der Waals surface area contributed by atoms with Crippen molar-refractivity contribution in [1.82, 2.24) is 15.3 Å². The Morgan fingerprint density at radius 2 is 2.00 bits per heavy atom. The van der Waals surface area contributed by atoms with Crippen LogP contribution in [-0.2, 0) is 6.42 Å². The summed E-state index contributed by atoms with van der Waals surface area (Å²) < 4.78 is 0. The van der Waals surface area contributed by atoms with E-state index in [9.17, 15) is 0 Å². The van der Waals surface area contributed by atoms with Crippen molar-refractivity contribution in [3.05, 3.63) is 59.1 Å². The highest BCUT2D eigenvalue weighted by Crippen LogP contribution is 2.17. The molecule has 1 N–H and O–H groups in total. The average Bonchev–Trinajstić information content (AvgIpc) is 2.37. The molecule has 0 saturated heterocycles. The molecule has 4 heteroatoms. The zero-order chi connectivity index (χ0) is 12.1. The van der Waals surface area contributed by atoms with Crippen LogP contribution < -0.4 is 5.32 Å². The summed E-state index contributed by atoms with van der Waals surface area (Å²) in [4.78, 5) is 8.52. The predicted octanol–water partition coefficient (Wildman–Crippen LogP) is 2.63. The molecule has 0 aliphatic rings. The SMILES string of the molecule is CNC(Cc1cccc(Cl)c1)c1ncccn1. The lowest BCUT2D eigenvalue weighted by Crippen LogP contribution is -2.21. The molecule has 0 spiro atoms. The van der Waals surface area contributed by atoms with E-state index in [-0.39, 0.29) is 6.04 Å². The summed E-state index contributed by atoms with van der Waals surface area (Å²) in [6.45, 7) is 0. The zero-order valence-corrected chi connectivity index (χ0v) is 10.4. The molecule has 0 bridgehead atoms. The van der Waals surface area contributed by atoms with Crippen molar-refractivity contribution in [2.24, 2.45) is 0 Å². The van der Waals surface area contributed by atoms with Gasteiger partial charge in [0.05, 0.1) is 6.04 Å². The van der Waals surface area contributed by atoms with Crippen LogP contribution in [0, 0.1) is 0 Å². The Balaban J connectivity index is 2.16. The minimum absolute atomic E-state index is 0.106. The predicted molar refractivity (Wildman–Crippen MR) is 69.0 cm³/mol. The molecule has 1 atom stereocenters. The highest BCUT2D eigenvalue weighted by Gasteiger charge is 2.12. The van der Waals surface area contributed by atoms with Crippen LogP contribution in [0.15, 0.2) is 42.7 Å². The summed E-state index contributed by atoms with van der Waals surface area (Å²) in [6.07, 6.45) is 4.33. The van der Waals surface area contributed by atoms with Crippen LogP contribution in [0.2, 0.25) is 5.02 Å². The standard InChI is InChI=1S/C13H14ClN3/c1-15-12(13-16-6-3-7-17-13)9-10-4-2-5-11(14)8-10/h2-8,12,15H,9H2,1H3. The number of halogens is 1. The molecular formula is C13H14ClN3. The number of hydrogen-bond acceptors (Lipinski definition) is 3. The van der Waals surface area contributed by atoms with E-state index in [0.29, 0.717) is 0 Å². The van der Waals surface area contributed by atoms with Crippen molar-refractivity contribution in [3.8, 4) is 0 Å². The molecule has 1 aromatic carbocycles. The van der Waals surface area contributed by atoms with Crippen LogP contribution >= 0.6 is 11.6 Å². The van der Waals surface area contributed by atoms with Crippen LogP contribution in [0.4, 0.5) is 0 Å². The maximum atomic E-state index is 5.97. The van der Waals surface area contributed by atoms with E-state index < -0.39 is 0 Å². The fourth-order valence-electron chi connectivity index (χ4n) is 1.71. The van der Waals surface area contributed by atoms with Gasteiger partial charge in [-0.2, -0.15) is 0 Å². The van der Waals surface area contributed by atoms with E-state index in [1.54, 1.807) is 12.4 Å². The van der Waals surface area contributed by atoms with Gasteiger partial charge in [-0.1, -0.05) is 23.7 Å². The molecule has 0 saturated carbocycles. The van der Waals surface area contributed by atoms with Crippen molar-refractivity contribution in [2.45, 2.75) is 12.5 Å². The first kappa shape index (κ1) is 12.0. The van der Waals surface area contributed by atoms with Crippen molar-refractivity contribution >= 4 is 11.6 Å². The van der Waals surface area contributed by atoms with Gasteiger partial charge in [-0.3, -0.25) is 0 Å². The van der Waals surface area contributed by atoms with Gasteiger partial charge in [0.25, 0.3) is 0 Å². The Morgan fingerprint density at radius 3 is 2.65 bits per heavy atom. The third kappa shape index (κ3) is 3.25. The Kier molecular flexibility index (Phi) is 4.07. The van der Waals surface area contributed by atoms with Crippen molar-refractivity contribution in [1.29, 1.82) is 0 Å². The maximum absolute atomic E-state index is 5.97. The molecule has 1 unspecified atom stereocenters. The monoisotopic (exact) mass is 247 g/mol. The molecular weight excluding hydrogens is 234 g/mol. The van der Waals surface area contributed by atoms with Crippen molar-refractivity contribution in [2.75, 3.05) is 7.05 Å². The Bertz CT molecular complexity index is 473. The van der Waals surface area contributed by atoms with Gasteiger partial charge in [0.1, 0.15) is 5.82 Å². The molecule has 3 nitrogen and oxygen atoms in total. The number of hydrogen-bond donors (Lipinski definition) is 1. The van der Waals surface area contributed by atoms with E-state index in [2.05, 4.69) is 21.4 Å². The first-order valence-electron chi connectivity index (χ1n) is 5.48. The minimum atomic E-state index is 0.106. The summed E-state index contributed by atoms with van der Waals surface area (Å²) in [7, 11) is 1.91. The Hall–Kier alpha value is -1.45. The molecule has 88 valence electrons. The fourth-order valence-corrected chi connectivity index (χ4v) is 1.93. The molecule has 0 aliphatic heterocycles. The molecule has 1 heterocycles. The minimum Gasteiger partial charge on any atom is -0.310 e. The summed E-state index contributed by atoms with van der Waals surface area (Å²) >= 11 is 5.97. The summed E-state index contributed by atoms with van der Waals surface area (Å²) in [5, 5.41) is 3.97. The van der Waals surface area contributed by atoms with Crippen LogP contribution in [0.25, 0.3) is 0 Å². The molecule has 1 aromatic heterocycles. The van der Waals surface area contributed by atoms with Gasteiger partial charge < -0.3 is 5.32 Å². The first-order chi connectivity index (χ1) is 8.29. The number of benzene rings is 1. The lowest BCUT2D eigenvalue weighted by atomic mass is 10.1. The normalized spacial score (nSPS) is 12.4. The van der Waals surface area contributed by atoms with E-state index >= 15 is 0 Å². The topological polar surface area (TPSA) is 37.8 Å². The molecule has 0 aliphatic carbocycles. The number of nitrogens with zero attached hydrogens (tertiary/aromatic N) is 2. The third-order valence-corrected chi connectivity index (χ3v) is 2.81. The van der Waals surface area contributed by atoms with Gasteiger partial charge in [0.15, 0.2) is 0 Å². The number of nitrogens with one attached hydrogen (secondary N) is 1. The lowest BCUT2D eigenvalue weighted by molar-refractivity contribution is 0.557. The van der Waals surface area contributed by atoms with Crippen molar-refractivity contribution in [3.63, 3.8) is 0 Å². The maximum Gasteiger partial charge on any atom is 0.145 e. The van der Waals surface area contributed by atoms with Crippen LogP contribution in [0.1, 0.15) is 17.4 Å². The van der Waals surface area contributed by atoms with Crippen LogP contribution in [0.3, 0.4) is 0 Å². The van der Waals surface area contributed by atoms with Crippen LogP contribution in [0.5, 0.6) is 0 Å². The summed E-state index contributed by atoms with van der Waals surface area (Å²) in [6, 6.07) is 9.77. The molecule has 2 aromatic rings. The first-order valence-corrected chi connectivity index (χ1v) is 5.86. The quantitative estimate of drug-likeness (QED) is 0.903. The largest absolute Gasteiger partial charge is 0.310 e. The molecule has 2 rings (SSSR count). The van der Waals surface area contributed by atoms with E-state index in [1.165, 1.54) is 5.56 Å². The third-order valence-electron chi connectivity index (χ3n) is 2.57. The van der Waals surface area contributed by atoms with Gasteiger partial charge in [-0.15, -0.1) is 0 Å². The average molecular weight is 248 g/mol. The van der Waals surface area contributed by atoms with Gasteiger partial charge in [-0.25, -0.2) is 9.97 Å². The molecule has 0 fully saturated rings. The molecule has 17 heavy (non-hydrogen) atoms. The molecule has 0 amide bonds. The second-order valence-corrected chi connectivity index (χ2v) is 4.22. The van der Waals surface area contributed by atoms with Crippen molar-refractivity contribution < 1.29 is 0 Å². The van der Waals surface area contributed by atoms with E-state index in [4.69, 9.17) is 11.6 Å². The van der Waals surface area contributed by atoms with Crippen LogP contribution in [-0.4, -0.2) is 17.0 Å². The Morgan fingerprint density at radius 1 is 1.24 bits per heavy atom. The lowest BCUT2D eigenvalue weighted by Gasteiger charge is -2.14. The number of likely N-dealkylation sites (N-methyl/N-ethyl adjacent to an activating group) is 1. The fraction of sp³-hybridized carbons (Fsp3) is 0.231. The highest BCUT2D eigenvalue weighted by molar-refractivity contribution is 6.30. The van der Waals surface area contributed by atoms with E-state index in [0.717, 1.165) is 17.3 Å². The van der Waals surface area contributed by atoms with Gasteiger partial charge in [-0.05, 0) is 37.2 Å². The van der Waals surface area contributed by atoms with Gasteiger partial charge in [0.2, 0.25) is 0 Å². The van der Waals surface area contributed by atoms with Gasteiger partial charge in [0, 0.05) is 17.4 Å². The summed E-state index contributed by atoms with van der Waals surface area (Å²) in [5.41, 5.74) is 1.17. The zero-order valence-electron chi connectivity index (χ0n) is 9.60.